The van der Waals surface area contributed by atoms with Crippen molar-refractivity contribution in [2.24, 2.45) is 0 Å². The summed E-state index contributed by atoms with van der Waals surface area (Å²) in [5.74, 6) is 0.685. The minimum absolute atomic E-state index is 0.685. The van der Waals surface area contributed by atoms with Crippen molar-refractivity contribution in [1.29, 1.82) is 0 Å². The molecular weight excluding hydrogens is 236 g/mol. The predicted molar refractivity (Wildman–Crippen MR) is 78.5 cm³/mol. The van der Waals surface area contributed by atoms with Gasteiger partial charge in [-0.25, -0.2) is 4.98 Å². The van der Waals surface area contributed by atoms with Crippen LogP contribution in [0.25, 0.3) is 22.6 Å². The number of hydrogen-bond acceptors (Lipinski definition) is 3. The van der Waals surface area contributed by atoms with Crippen LogP contribution in [-0.4, -0.2) is 12.0 Å². The van der Waals surface area contributed by atoms with Crippen LogP contribution in [0.4, 0.5) is 5.69 Å². The molecule has 3 heteroatoms. The number of fused-ring (bicyclic) bond motifs is 1. The van der Waals surface area contributed by atoms with Crippen LogP contribution in [0.15, 0.2) is 40.8 Å². The summed E-state index contributed by atoms with van der Waals surface area (Å²) in [7, 11) is 1.91. The van der Waals surface area contributed by atoms with Crippen molar-refractivity contribution in [2.45, 2.75) is 13.8 Å². The molecule has 19 heavy (non-hydrogen) atoms. The standard InChI is InChI=1S/C16H16N2O/c1-10-6-4-5-7-13(10)16-18-14-9-12(17-3)8-11(2)15(14)19-16/h4-9,17H,1-3H3. The van der Waals surface area contributed by atoms with Gasteiger partial charge in [0.15, 0.2) is 5.58 Å². The van der Waals surface area contributed by atoms with Gasteiger partial charge < -0.3 is 9.73 Å². The number of oxazole rings is 1. The van der Waals surface area contributed by atoms with Crippen molar-refractivity contribution in [2.75, 3.05) is 12.4 Å². The summed E-state index contributed by atoms with van der Waals surface area (Å²) in [5.41, 5.74) is 6.10. The van der Waals surface area contributed by atoms with E-state index in [1.807, 2.05) is 38.2 Å². The summed E-state index contributed by atoms with van der Waals surface area (Å²) in [5, 5.41) is 3.14. The fourth-order valence-corrected chi connectivity index (χ4v) is 2.27. The molecular formula is C16H16N2O. The molecule has 3 rings (SSSR count). The van der Waals surface area contributed by atoms with Gasteiger partial charge in [-0.05, 0) is 43.2 Å². The van der Waals surface area contributed by atoms with Gasteiger partial charge in [-0.2, -0.15) is 0 Å². The molecule has 2 aromatic carbocycles. The van der Waals surface area contributed by atoms with Gasteiger partial charge in [-0.15, -0.1) is 0 Å². The van der Waals surface area contributed by atoms with E-state index in [2.05, 4.69) is 29.4 Å². The Morgan fingerprint density at radius 3 is 2.58 bits per heavy atom. The van der Waals surface area contributed by atoms with E-state index in [0.717, 1.165) is 27.9 Å². The van der Waals surface area contributed by atoms with Crippen molar-refractivity contribution in [3.05, 3.63) is 47.5 Å². The molecule has 1 heterocycles. The van der Waals surface area contributed by atoms with Crippen LogP contribution < -0.4 is 5.32 Å². The number of anilines is 1. The number of benzene rings is 2. The van der Waals surface area contributed by atoms with E-state index in [0.29, 0.717) is 5.89 Å². The molecule has 1 aromatic heterocycles. The van der Waals surface area contributed by atoms with Gasteiger partial charge in [0.2, 0.25) is 5.89 Å². The Morgan fingerprint density at radius 2 is 1.84 bits per heavy atom. The van der Waals surface area contributed by atoms with Gasteiger partial charge in [0.25, 0.3) is 0 Å². The second-order valence-electron chi connectivity index (χ2n) is 4.73. The maximum absolute atomic E-state index is 5.93. The summed E-state index contributed by atoms with van der Waals surface area (Å²) in [4.78, 5) is 4.61. The molecule has 0 bridgehead atoms. The van der Waals surface area contributed by atoms with Gasteiger partial charge in [0.05, 0.1) is 0 Å². The van der Waals surface area contributed by atoms with E-state index >= 15 is 0 Å². The molecule has 3 nitrogen and oxygen atoms in total. The van der Waals surface area contributed by atoms with E-state index < -0.39 is 0 Å². The lowest BCUT2D eigenvalue weighted by Gasteiger charge is -2.00. The molecule has 0 fully saturated rings. The first-order valence-electron chi connectivity index (χ1n) is 6.34. The van der Waals surface area contributed by atoms with E-state index in [1.54, 1.807) is 0 Å². The third-order valence-electron chi connectivity index (χ3n) is 3.34. The highest BCUT2D eigenvalue weighted by Gasteiger charge is 2.12. The highest BCUT2D eigenvalue weighted by atomic mass is 16.3. The smallest absolute Gasteiger partial charge is 0.227 e. The fourth-order valence-electron chi connectivity index (χ4n) is 2.27. The van der Waals surface area contributed by atoms with Crippen LogP contribution in [-0.2, 0) is 0 Å². The topological polar surface area (TPSA) is 38.1 Å². The number of hydrogen-bond donors (Lipinski definition) is 1. The van der Waals surface area contributed by atoms with Gasteiger partial charge >= 0.3 is 0 Å². The molecule has 0 aliphatic carbocycles. The Balaban J connectivity index is 2.22. The second-order valence-corrected chi connectivity index (χ2v) is 4.73. The SMILES string of the molecule is CNc1cc(C)c2oc(-c3ccccc3C)nc2c1. The summed E-state index contributed by atoms with van der Waals surface area (Å²) >= 11 is 0. The third-order valence-corrected chi connectivity index (χ3v) is 3.34. The zero-order valence-corrected chi connectivity index (χ0v) is 11.3. The van der Waals surface area contributed by atoms with Crippen molar-refractivity contribution in [1.82, 2.24) is 4.98 Å². The first kappa shape index (κ1) is 11.8. The summed E-state index contributed by atoms with van der Waals surface area (Å²) in [6.45, 7) is 4.10. The van der Waals surface area contributed by atoms with Crippen LogP contribution in [0.2, 0.25) is 0 Å². The second kappa shape index (κ2) is 4.43. The molecule has 0 atom stereocenters. The minimum Gasteiger partial charge on any atom is -0.436 e. The fraction of sp³-hybridized carbons (Fsp3) is 0.188. The zero-order valence-electron chi connectivity index (χ0n) is 11.3. The first-order valence-corrected chi connectivity index (χ1v) is 6.34. The molecule has 0 aliphatic heterocycles. The number of nitrogens with zero attached hydrogens (tertiary/aromatic N) is 1. The molecule has 0 radical (unpaired) electrons. The lowest BCUT2D eigenvalue weighted by Crippen LogP contribution is -1.88. The average Bonchev–Trinajstić information content (AvgIpc) is 2.83. The van der Waals surface area contributed by atoms with Crippen molar-refractivity contribution in [3.63, 3.8) is 0 Å². The number of nitrogens with one attached hydrogen (secondary N) is 1. The van der Waals surface area contributed by atoms with Gasteiger partial charge in [-0.1, -0.05) is 18.2 Å². The Morgan fingerprint density at radius 1 is 1.05 bits per heavy atom. The Kier molecular flexibility index (Phi) is 2.75. The van der Waals surface area contributed by atoms with Crippen molar-refractivity contribution >= 4 is 16.8 Å². The van der Waals surface area contributed by atoms with E-state index in [9.17, 15) is 0 Å². The number of aryl methyl sites for hydroxylation is 2. The van der Waals surface area contributed by atoms with Gasteiger partial charge in [0.1, 0.15) is 5.52 Å². The van der Waals surface area contributed by atoms with Crippen LogP contribution in [0, 0.1) is 13.8 Å². The number of rotatable bonds is 2. The largest absolute Gasteiger partial charge is 0.436 e. The molecule has 0 saturated carbocycles. The highest BCUT2D eigenvalue weighted by molar-refractivity contribution is 5.83. The molecule has 3 aromatic rings. The molecule has 0 spiro atoms. The third kappa shape index (κ3) is 1.97. The quantitative estimate of drug-likeness (QED) is 0.744. The monoisotopic (exact) mass is 252 g/mol. The van der Waals surface area contributed by atoms with Crippen LogP contribution in [0.5, 0.6) is 0 Å². The normalized spacial score (nSPS) is 10.9. The average molecular weight is 252 g/mol. The van der Waals surface area contributed by atoms with Gasteiger partial charge in [0, 0.05) is 18.3 Å². The molecule has 0 amide bonds. The maximum Gasteiger partial charge on any atom is 0.227 e. The lowest BCUT2D eigenvalue weighted by molar-refractivity contribution is 0.617. The Labute approximate surface area is 112 Å². The summed E-state index contributed by atoms with van der Waals surface area (Å²) < 4.78 is 5.93. The van der Waals surface area contributed by atoms with E-state index in [4.69, 9.17) is 4.42 Å². The molecule has 0 unspecified atom stereocenters. The molecule has 0 aliphatic rings. The highest BCUT2D eigenvalue weighted by Crippen LogP contribution is 2.30. The molecule has 0 saturated heterocycles. The zero-order chi connectivity index (χ0) is 13.4. The Bertz CT molecular complexity index is 744. The van der Waals surface area contributed by atoms with Crippen molar-refractivity contribution < 1.29 is 4.42 Å². The van der Waals surface area contributed by atoms with Crippen LogP contribution >= 0.6 is 0 Å². The number of aromatic nitrogens is 1. The predicted octanol–water partition coefficient (Wildman–Crippen LogP) is 4.15. The lowest BCUT2D eigenvalue weighted by atomic mass is 10.1. The molecule has 96 valence electrons. The maximum atomic E-state index is 5.93. The summed E-state index contributed by atoms with van der Waals surface area (Å²) in [6, 6.07) is 12.2. The van der Waals surface area contributed by atoms with Crippen LogP contribution in [0.3, 0.4) is 0 Å². The van der Waals surface area contributed by atoms with Gasteiger partial charge in [-0.3, -0.25) is 0 Å². The Hall–Kier alpha value is -2.29. The van der Waals surface area contributed by atoms with Crippen molar-refractivity contribution in [3.8, 4) is 11.5 Å². The first-order chi connectivity index (χ1) is 9.19. The van der Waals surface area contributed by atoms with E-state index in [1.165, 1.54) is 5.56 Å². The van der Waals surface area contributed by atoms with Crippen LogP contribution in [0.1, 0.15) is 11.1 Å². The summed E-state index contributed by atoms with van der Waals surface area (Å²) in [6.07, 6.45) is 0. The van der Waals surface area contributed by atoms with E-state index in [-0.39, 0.29) is 0 Å². The molecule has 1 N–H and O–H groups in total. The minimum atomic E-state index is 0.685.